The van der Waals surface area contributed by atoms with Crippen LogP contribution in [-0.2, 0) is 12.8 Å². The summed E-state index contributed by atoms with van der Waals surface area (Å²) in [6.07, 6.45) is -4.65. The summed E-state index contributed by atoms with van der Waals surface area (Å²) >= 11 is 0. The Morgan fingerprint density at radius 2 is 1.77 bits per heavy atom. The van der Waals surface area contributed by atoms with Crippen LogP contribution in [0.2, 0.25) is 0 Å². The molecule has 1 aromatic heterocycles. The molecule has 0 unspecified atom stereocenters. The van der Waals surface area contributed by atoms with Gasteiger partial charge in [-0.1, -0.05) is 12.1 Å². The number of alkyl halides is 3. The zero-order valence-electron chi connectivity index (χ0n) is 15.6. The highest BCUT2D eigenvalue weighted by molar-refractivity contribution is 5.72. The highest BCUT2D eigenvalue weighted by Gasteiger charge is 2.34. The lowest BCUT2D eigenvalue weighted by molar-refractivity contribution is -0.384. The smallest absolute Gasteiger partial charge is 0.408 e. The summed E-state index contributed by atoms with van der Waals surface area (Å²) in [5, 5.41) is 11.3. The first-order chi connectivity index (χ1) is 14.2. The van der Waals surface area contributed by atoms with E-state index in [9.17, 15) is 28.1 Å². The molecule has 0 aliphatic carbocycles. The first kappa shape index (κ1) is 20.0. The minimum Gasteiger partial charge on any atom is -0.408 e. The normalized spacial score (nSPS) is 15.6. The zero-order valence-corrected chi connectivity index (χ0v) is 15.6. The maximum atomic E-state index is 12.9. The Morgan fingerprint density at radius 3 is 2.43 bits per heavy atom. The highest BCUT2D eigenvalue weighted by Crippen LogP contribution is 2.36. The molecule has 0 N–H and O–H groups in total. The molecule has 2 heterocycles. The summed E-state index contributed by atoms with van der Waals surface area (Å²) in [5.41, 5.74) is -0.318. The van der Waals surface area contributed by atoms with Crippen LogP contribution in [-0.4, -0.2) is 40.6 Å². The van der Waals surface area contributed by atoms with Crippen molar-refractivity contribution in [2.45, 2.75) is 12.8 Å². The fraction of sp³-hybridized carbons (Fsp3) is 0.316. The monoisotopic (exact) mass is 422 g/mol. The van der Waals surface area contributed by atoms with Crippen LogP contribution in [0.4, 0.5) is 24.5 Å². The molecule has 0 saturated carbocycles. The summed E-state index contributed by atoms with van der Waals surface area (Å²) in [7, 11) is 0. The minimum absolute atomic E-state index is 0.151. The topological polar surface area (TPSA) is 84.8 Å². The first-order valence-electron chi connectivity index (χ1n) is 9.15. The molecule has 0 bridgehead atoms. The fourth-order valence-corrected chi connectivity index (χ4v) is 3.59. The molecule has 2 aromatic carbocycles. The second kappa shape index (κ2) is 7.48. The summed E-state index contributed by atoms with van der Waals surface area (Å²) in [4.78, 5) is 26.3. The van der Waals surface area contributed by atoms with Crippen molar-refractivity contribution < 1.29 is 22.5 Å². The molecule has 1 aliphatic heterocycles. The van der Waals surface area contributed by atoms with Crippen molar-refractivity contribution in [3.8, 4) is 0 Å². The lowest BCUT2D eigenvalue weighted by atomic mass is 10.1. The lowest BCUT2D eigenvalue weighted by Crippen LogP contribution is -2.47. The third-order valence-electron chi connectivity index (χ3n) is 5.13. The van der Waals surface area contributed by atoms with E-state index in [-0.39, 0.29) is 5.69 Å². The average molecular weight is 422 g/mol. The van der Waals surface area contributed by atoms with Gasteiger partial charge in [0.1, 0.15) is 5.69 Å². The standard InChI is InChI=1S/C19H17F3N4O4/c20-19(21,22)13-5-6-14(16(11-13)26(28)29)24-9-7-23(8-10-24)12-25-15-3-1-2-4-17(15)30-18(25)27/h1-6,11H,7-10,12H2. The van der Waals surface area contributed by atoms with Gasteiger partial charge >= 0.3 is 11.9 Å². The summed E-state index contributed by atoms with van der Waals surface area (Å²) in [5.74, 6) is -0.475. The maximum Gasteiger partial charge on any atom is 0.421 e. The second-order valence-corrected chi connectivity index (χ2v) is 6.97. The number of hydrogen-bond acceptors (Lipinski definition) is 6. The summed E-state index contributed by atoms with van der Waals surface area (Å²) in [6.45, 7) is 1.99. The molecule has 0 spiro atoms. The van der Waals surface area contributed by atoms with Gasteiger partial charge in [0.25, 0.3) is 5.69 Å². The molecule has 0 radical (unpaired) electrons. The van der Waals surface area contributed by atoms with Gasteiger partial charge in [0.05, 0.1) is 22.7 Å². The average Bonchev–Trinajstić information content (AvgIpc) is 3.02. The number of piperazine rings is 1. The Bertz CT molecular complexity index is 1150. The molecular weight excluding hydrogens is 405 g/mol. The third kappa shape index (κ3) is 3.75. The van der Waals surface area contributed by atoms with Gasteiger partial charge in [-0.05, 0) is 24.3 Å². The molecule has 3 aromatic rings. The molecule has 1 aliphatic rings. The number of para-hydroxylation sites is 2. The van der Waals surface area contributed by atoms with Gasteiger partial charge in [-0.3, -0.25) is 19.6 Å². The van der Waals surface area contributed by atoms with Crippen molar-refractivity contribution in [3.63, 3.8) is 0 Å². The van der Waals surface area contributed by atoms with Crippen molar-refractivity contribution in [3.05, 3.63) is 68.7 Å². The molecule has 0 amide bonds. The van der Waals surface area contributed by atoms with Gasteiger partial charge in [-0.15, -0.1) is 0 Å². The Hall–Kier alpha value is -3.34. The van der Waals surface area contributed by atoms with Crippen molar-refractivity contribution in [1.29, 1.82) is 0 Å². The van der Waals surface area contributed by atoms with Crippen LogP contribution >= 0.6 is 0 Å². The maximum absolute atomic E-state index is 12.9. The van der Waals surface area contributed by atoms with Crippen LogP contribution in [0.15, 0.2) is 51.7 Å². The van der Waals surface area contributed by atoms with E-state index in [0.29, 0.717) is 50.0 Å². The van der Waals surface area contributed by atoms with E-state index < -0.39 is 28.1 Å². The Morgan fingerprint density at radius 1 is 1.07 bits per heavy atom. The minimum atomic E-state index is -4.65. The van der Waals surface area contributed by atoms with Gasteiger partial charge in [0.15, 0.2) is 5.58 Å². The number of hydrogen-bond donors (Lipinski definition) is 0. The zero-order chi connectivity index (χ0) is 21.5. The third-order valence-corrected chi connectivity index (χ3v) is 5.13. The predicted octanol–water partition coefficient (Wildman–Crippen LogP) is 3.30. The van der Waals surface area contributed by atoms with Crippen molar-refractivity contribution in [1.82, 2.24) is 9.47 Å². The van der Waals surface area contributed by atoms with E-state index >= 15 is 0 Å². The molecular formula is C19H17F3N4O4. The van der Waals surface area contributed by atoms with Crippen LogP contribution in [0.1, 0.15) is 5.56 Å². The van der Waals surface area contributed by atoms with Crippen LogP contribution in [0.25, 0.3) is 11.1 Å². The first-order valence-corrected chi connectivity index (χ1v) is 9.15. The van der Waals surface area contributed by atoms with Crippen molar-refractivity contribution in [2.75, 3.05) is 31.1 Å². The molecule has 8 nitrogen and oxygen atoms in total. The molecule has 1 saturated heterocycles. The van der Waals surface area contributed by atoms with Gasteiger partial charge in [-0.2, -0.15) is 13.2 Å². The molecule has 11 heteroatoms. The molecule has 30 heavy (non-hydrogen) atoms. The van der Waals surface area contributed by atoms with Crippen molar-refractivity contribution in [2.24, 2.45) is 0 Å². The van der Waals surface area contributed by atoms with E-state index in [0.717, 1.165) is 12.1 Å². The Balaban J connectivity index is 1.50. The summed E-state index contributed by atoms with van der Waals surface area (Å²) < 4.78 is 45.4. The number of benzene rings is 2. The number of nitro benzene ring substituents is 1. The number of fused-ring (bicyclic) bond motifs is 1. The van der Waals surface area contributed by atoms with E-state index in [1.165, 1.54) is 4.57 Å². The van der Waals surface area contributed by atoms with Crippen LogP contribution < -0.4 is 10.7 Å². The quantitative estimate of drug-likeness (QED) is 0.474. The number of nitrogens with zero attached hydrogens (tertiary/aromatic N) is 4. The Labute approximate surface area is 167 Å². The molecule has 158 valence electrons. The van der Waals surface area contributed by atoms with Crippen molar-refractivity contribution >= 4 is 22.5 Å². The highest BCUT2D eigenvalue weighted by atomic mass is 19.4. The Kier molecular flexibility index (Phi) is 4.98. The van der Waals surface area contributed by atoms with Crippen LogP contribution in [0.5, 0.6) is 0 Å². The lowest BCUT2D eigenvalue weighted by Gasteiger charge is -2.35. The van der Waals surface area contributed by atoms with E-state index in [2.05, 4.69) is 0 Å². The molecule has 1 fully saturated rings. The number of halogens is 3. The largest absolute Gasteiger partial charge is 0.421 e. The number of aromatic nitrogens is 1. The molecule has 4 rings (SSSR count). The number of nitro groups is 1. The van der Waals surface area contributed by atoms with Gasteiger partial charge < -0.3 is 9.32 Å². The second-order valence-electron chi connectivity index (χ2n) is 6.97. The molecule has 0 atom stereocenters. The van der Waals surface area contributed by atoms with Gasteiger partial charge in [0, 0.05) is 32.2 Å². The van der Waals surface area contributed by atoms with Gasteiger partial charge in [-0.25, -0.2) is 4.79 Å². The summed E-state index contributed by atoms with van der Waals surface area (Å²) in [6, 6.07) is 9.62. The fourth-order valence-electron chi connectivity index (χ4n) is 3.59. The number of anilines is 1. The number of rotatable bonds is 4. The predicted molar refractivity (Wildman–Crippen MR) is 102 cm³/mol. The van der Waals surface area contributed by atoms with Crippen LogP contribution in [0.3, 0.4) is 0 Å². The van der Waals surface area contributed by atoms with E-state index in [4.69, 9.17) is 4.42 Å². The van der Waals surface area contributed by atoms with Gasteiger partial charge in [0.2, 0.25) is 0 Å². The van der Waals surface area contributed by atoms with Crippen LogP contribution in [0, 0.1) is 10.1 Å². The SMILES string of the molecule is O=c1oc2ccccc2n1CN1CCN(c2ccc(C(F)(F)F)cc2[N+](=O)[O-])CC1. The van der Waals surface area contributed by atoms with E-state index in [1.807, 2.05) is 4.90 Å². The number of oxazole rings is 1. The van der Waals surface area contributed by atoms with E-state index in [1.54, 1.807) is 29.2 Å².